The van der Waals surface area contributed by atoms with E-state index in [1.165, 1.54) is 12.1 Å². The van der Waals surface area contributed by atoms with Gasteiger partial charge in [-0.2, -0.15) is 0 Å². The van der Waals surface area contributed by atoms with Gasteiger partial charge in [0, 0.05) is 37.4 Å². The van der Waals surface area contributed by atoms with E-state index in [0.717, 1.165) is 57.7 Å². The van der Waals surface area contributed by atoms with E-state index in [9.17, 15) is 13.2 Å². The van der Waals surface area contributed by atoms with Crippen molar-refractivity contribution in [3.05, 3.63) is 59.7 Å². The third-order valence-electron chi connectivity index (χ3n) is 6.55. The van der Waals surface area contributed by atoms with Crippen molar-refractivity contribution in [3.8, 4) is 0 Å². The van der Waals surface area contributed by atoms with Crippen LogP contribution in [0, 0.1) is 12.8 Å². The predicted octanol–water partition coefficient (Wildman–Crippen LogP) is 3.37. The van der Waals surface area contributed by atoms with Crippen molar-refractivity contribution >= 4 is 21.6 Å². The molecule has 178 valence electrons. The van der Waals surface area contributed by atoms with Crippen molar-refractivity contribution in [1.29, 1.82) is 0 Å². The molecule has 2 aromatic rings. The smallest absolute Gasteiger partial charge is 0.261 e. The molecule has 0 saturated carbocycles. The van der Waals surface area contributed by atoms with E-state index in [4.69, 9.17) is 4.74 Å². The Morgan fingerprint density at radius 1 is 1.03 bits per heavy atom. The van der Waals surface area contributed by atoms with Crippen LogP contribution in [-0.2, 0) is 14.8 Å². The number of nitrogens with zero attached hydrogens (tertiary/aromatic N) is 2. The highest BCUT2D eigenvalue weighted by molar-refractivity contribution is 7.92. The molecule has 2 fully saturated rings. The fraction of sp³-hybridized carbons (Fsp3) is 0.480. The zero-order valence-corrected chi connectivity index (χ0v) is 20.0. The summed E-state index contributed by atoms with van der Waals surface area (Å²) in [4.78, 5) is 17.5. The fourth-order valence-electron chi connectivity index (χ4n) is 4.43. The number of aryl methyl sites for hydroxylation is 1. The molecule has 0 unspecified atom stereocenters. The first kappa shape index (κ1) is 23.7. The highest BCUT2D eigenvalue weighted by Gasteiger charge is 2.25. The first-order chi connectivity index (χ1) is 15.9. The van der Waals surface area contributed by atoms with E-state index >= 15 is 0 Å². The lowest BCUT2D eigenvalue weighted by molar-refractivity contribution is 0.0332. The monoisotopic (exact) mass is 471 g/mol. The summed E-state index contributed by atoms with van der Waals surface area (Å²) in [6, 6.07) is 13.5. The molecule has 0 aliphatic carbocycles. The lowest BCUT2D eigenvalue weighted by Crippen LogP contribution is -2.40. The maximum absolute atomic E-state index is 13.1. The van der Waals surface area contributed by atoms with Gasteiger partial charge in [-0.1, -0.05) is 23.8 Å². The molecule has 4 rings (SSSR count). The van der Waals surface area contributed by atoms with E-state index in [1.807, 2.05) is 24.0 Å². The molecule has 2 heterocycles. The van der Waals surface area contributed by atoms with Crippen molar-refractivity contribution in [3.63, 3.8) is 0 Å². The zero-order chi connectivity index (χ0) is 23.3. The van der Waals surface area contributed by atoms with Crippen molar-refractivity contribution in [2.45, 2.75) is 31.1 Å². The van der Waals surface area contributed by atoms with E-state index in [1.54, 1.807) is 24.3 Å². The maximum atomic E-state index is 13.1. The fourth-order valence-corrected chi connectivity index (χ4v) is 5.53. The molecular formula is C25H33N3O4S. The number of sulfonamides is 1. The summed E-state index contributed by atoms with van der Waals surface area (Å²) in [5, 5.41) is 0. The molecule has 2 aliphatic heterocycles. The Bertz CT molecular complexity index is 1040. The minimum atomic E-state index is -3.77. The van der Waals surface area contributed by atoms with Gasteiger partial charge in [-0.25, -0.2) is 8.42 Å². The summed E-state index contributed by atoms with van der Waals surface area (Å²) >= 11 is 0. The van der Waals surface area contributed by atoms with Crippen LogP contribution >= 0.6 is 0 Å². The third kappa shape index (κ3) is 6.34. The summed E-state index contributed by atoms with van der Waals surface area (Å²) in [5.41, 5.74) is 1.96. The number of anilines is 1. The van der Waals surface area contributed by atoms with Crippen LogP contribution in [0.4, 0.5) is 5.69 Å². The summed E-state index contributed by atoms with van der Waals surface area (Å²) < 4.78 is 33.7. The van der Waals surface area contributed by atoms with E-state index < -0.39 is 10.0 Å². The summed E-state index contributed by atoms with van der Waals surface area (Å²) in [6.45, 7) is 8.13. The summed E-state index contributed by atoms with van der Waals surface area (Å²) in [5.74, 6) is 0.524. The molecule has 7 nitrogen and oxygen atoms in total. The van der Waals surface area contributed by atoms with Crippen LogP contribution in [0.25, 0.3) is 0 Å². The molecule has 2 aromatic carbocycles. The predicted molar refractivity (Wildman–Crippen MR) is 129 cm³/mol. The Kier molecular flexibility index (Phi) is 7.67. The van der Waals surface area contributed by atoms with Gasteiger partial charge in [0.15, 0.2) is 0 Å². The Labute approximate surface area is 196 Å². The average Bonchev–Trinajstić information content (AvgIpc) is 2.85. The molecule has 0 bridgehead atoms. The molecular weight excluding hydrogens is 438 g/mol. The van der Waals surface area contributed by atoms with Crippen LogP contribution in [-0.4, -0.2) is 70.1 Å². The minimum Gasteiger partial charge on any atom is -0.379 e. The second-order valence-corrected chi connectivity index (χ2v) is 10.7. The number of amides is 1. The number of likely N-dealkylation sites (tertiary alicyclic amines) is 1. The molecule has 33 heavy (non-hydrogen) atoms. The average molecular weight is 472 g/mol. The van der Waals surface area contributed by atoms with Crippen LogP contribution < -0.4 is 4.72 Å². The Morgan fingerprint density at radius 3 is 2.42 bits per heavy atom. The van der Waals surface area contributed by atoms with Gasteiger partial charge in [0.2, 0.25) is 0 Å². The molecule has 0 aromatic heterocycles. The minimum absolute atomic E-state index is 0.0920. The van der Waals surface area contributed by atoms with Gasteiger partial charge in [0.1, 0.15) is 0 Å². The van der Waals surface area contributed by atoms with Crippen LogP contribution in [0.2, 0.25) is 0 Å². The number of ether oxygens (including phenoxy) is 1. The SMILES string of the molecule is Cc1ccc(NS(=O)(=O)c2cccc(C(=O)N3CCC(CCN4CCOCC4)CC3)c2)cc1. The number of piperidine rings is 1. The third-order valence-corrected chi connectivity index (χ3v) is 7.93. The number of benzene rings is 2. The van der Waals surface area contributed by atoms with Crippen LogP contribution in [0.15, 0.2) is 53.4 Å². The molecule has 0 atom stereocenters. The van der Waals surface area contributed by atoms with Crippen molar-refractivity contribution in [1.82, 2.24) is 9.80 Å². The van der Waals surface area contributed by atoms with Crippen molar-refractivity contribution in [2.24, 2.45) is 5.92 Å². The number of carbonyl (C=O) groups is 1. The lowest BCUT2D eigenvalue weighted by Gasteiger charge is -2.34. The molecule has 1 amide bonds. The maximum Gasteiger partial charge on any atom is 0.261 e. The molecule has 8 heteroatoms. The summed E-state index contributed by atoms with van der Waals surface area (Å²) in [7, 11) is -3.77. The molecule has 0 spiro atoms. The molecule has 2 aliphatic rings. The van der Waals surface area contributed by atoms with Gasteiger partial charge in [0.25, 0.3) is 15.9 Å². The van der Waals surface area contributed by atoms with E-state index in [2.05, 4.69) is 9.62 Å². The van der Waals surface area contributed by atoms with Gasteiger partial charge < -0.3 is 9.64 Å². The lowest BCUT2D eigenvalue weighted by atomic mass is 9.93. The molecule has 0 radical (unpaired) electrons. The quantitative estimate of drug-likeness (QED) is 0.670. The van der Waals surface area contributed by atoms with Crippen molar-refractivity contribution < 1.29 is 17.9 Å². The zero-order valence-electron chi connectivity index (χ0n) is 19.2. The number of rotatable bonds is 7. The van der Waals surface area contributed by atoms with Gasteiger partial charge in [-0.3, -0.25) is 14.4 Å². The second-order valence-electron chi connectivity index (χ2n) is 8.98. The van der Waals surface area contributed by atoms with Gasteiger partial charge in [-0.05, 0) is 69.0 Å². The Balaban J connectivity index is 1.33. The normalized spacial score (nSPS) is 18.3. The van der Waals surface area contributed by atoms with E-state index in [0.29, 0.717) is 30.3 Å². The number of nitrogens with one attached hydrogen (secondary N) is 1. The van der Waals surface area contributed by atoms with Crippen molar-refractivity contribution in [2.75, 3.05) is 50.7 Å². The first-order valence-electron chi connectivity index (χ1n) is 11.7. The Morgan fingerprint density at radius 2 is 1.73 bits per heavy atom. The van der Waals surface area contributed by atoms with Gasteiger partial charge >= 0.3 is 0 Å². The van der Waals surface area contributed by atoms with Gasteiger partial charge in [0.05, 0.1) is 18.1 Å². The Hall–Kier alpha value is -2.42. The summed E-state index contributed by atoms with van der Waals surface area (Å²) in [6.07, 6.45) is 3.13. The standard InChI is InChI=1S/C25H33N3O4S/c1-20-5-7-23(8-6-20)26-33(30,31)24-4-2-3-22(19-24)25(29)28-13-10-21(11-14-28)9-12-27-15-17-32-18-16-27/h2-8,19,21,26H,9-18H2,1H3. The first-order valence-corrected chi connectivity index (χ1v) is 13.2. The number of carbonyl (C=O) groups excluding carboxylic acids is 1. The van der Waals surface area contributed by atoms with Crippen LogP contribution in [0.5, 0.6) is 0 Å². The topological polar surface area (TPSA) is 79.0 Å². The van der Waals surface area contributed by atoms with E-state index in [-0.39, 0.29) is 10.8 Å². The number of morpholine rings is 1. The second kappa shape index (κ2) is 10.7. The molecule has 2 saturated heterocycles. The largest absolute Gasteiger partial charge is 0.379 e. The van der Waals surface area contributed by atoms with Crippen LogP contribution in [0.3, 0.4) is 0 Å². The van der Waals surface area contributed by atoms with Gasteiger partial charge in [-0.15, -0.1) is 0 Å². The highest BCUT2D eigenvalue weighted by Crippen LogP contribution is 2.24. The number of hydrogen-bond acceptors (Lipinski definition) is 5. The number of hydrogen-bond donors (Lipinski definition) is 1. The van der Waals surface area contributed by atoms with Crippen LogP contribution in [0.1, 0.15) is 35.2 Å². The molecule has 1 N–H and O–H groups in total. The highest BCUT2D eigenvalue weighted by atomic mass is 32.2.